The number of nitrogens with zero attached hydrogens (tertiary/aromatic N) is 1. The van der Waals surface area contributed by atoms with E-state index in [0.717, 1.165) is 24.6 Å². The Kier molecular flexibility index (Phi) is 5.42. The summed E-state index contributed by atoms with van der Waals surface area (Å²) in [4.78, 5) is -0.144. The summed E-state index contributed by atoms with van der Waals surface area (Å²) in [5.74, 6) is -0.746. The van der Waals surface area contributed by atoms with Gasteiger partial charge in [-0.1, -0.05) is 13.3 Å². The van der Waals surface area contributed by atoms with Gasteiger partial charge in [0, 0.05) is 12.6 Å². The van der Waals surface area contributed by atoms with Crippen LogP contribution in [-0.4, -0.2) is 21.0 Å². The van der Waals surface area contributed by atoms with Crippen molar-refractivity contribution in [2.24, 2.45) is 5.73 Å². The number of hydrogen-bond acceptors (Lipinski definition) is 4. The first-order chi connectivity index (χ1) is 8.90. The molecule has 1 aromatic rings. The Labute approximate surface area is 112 Å². The highest BCUT2D eigenvalue weighted by Crippen LogP contribution is 2.14. The summed E-state index contributed by atoms with van der Waals surface area (Å²) < 4.78 is 39.3. The number of sulfonamides is 1. The summed E-state index contributed by atoms with van der Waals surface area (Å²) in [5.41, 5.74) is 5.41. The third-order valence-electron chi connectivity index (χ3n) is 2.56. The molecule has 0 fully saturated rings. The Morgan fingerprint density at radius 2 is 2.21 bits per heavy atom. The van der Waals surface area contributed by atoms with Gasteiger partial charge in [0.2, 0.25) is 10.0 Å². The van der Waals surface area contributed by atoms with Crippen LogP contribution in [0.15, 0.2) is 23.1 Å². The lowest BCUT2D eigenvalue weighted by atomic mass is 10.2. The molecule has 1 aromatic carbocycles. The molecule has 0 radical (unpaired) electrons. The fraction of sp³-hybridized carbons (Fsp3) is 0.417. The van der Waals surface area contributed by atoms with Gasteiger partial charge in [-0.3, -0.25) is 0 Å². The van der Waals surface area contributed by atoms with E-state index in [-0.39, 0.29) is 23.0 Å². The van der Waals surface area contributed by atoms with Crippen LogP contribution in [0.2, 0.25) is 0 Å². The number of nitrogens with one attached hydrogen (secondary N) is 1. The van der Waals surface area contributed by atoms with E-state index in [2.05, 4.69) is 4.72 Å². The molecule has 0 aliphatic rings. The number of benzene rings is 1. The van der Waals surface area contributed by atoms with Gasteiger partial charge in [0.05, 0.1) is 10.5 Å². The molecule has 3 N–H and O–H groups in total. The second-order valence-corrected chi connectivity index (χ2v) is 5.92. The van der Waals surface area contributed by atoms with E-state index >= 15 is 0 Å². The Morgan fingerprint density at radius 1 is 1.53 bits per heavy atom. The van der Waals surface area contributed by atoms with Gasteiger partial charge in [-0.05, 0) is 24.6 Å². The van der Waals surface area contributed by atoms with Crippen molar-refractivity contribution in [1.29, 1.82) is 5.26 Å². The molecule has 1 rings (SSSR count). The highest BCUT2D eigenvalue weighted by atomic mass is 32.2. The van der Waals surface area contributed by atoms with E-state index in [1.54, 1.807) is 6.07 Å². The summed E-state index contributed by atoms with van der Waals surface area (Å²) in [6.45, 7) is 2.06. The zero-order chi connectivity index (χ0) is 14.5. The molecular formula is C12H16FN3O2S. The summed E-state index contributed by atoms with van der Waals surface area (Å²) in [6.07, 6.45) is 1.56. The Hall–Kier alpha value is -1.49. The van der Waals surface area contributed by atoms with Crippen molar-refractivity contribution < 1.29 is 12.8 Å². The van der Waals surface area contributed by atoms with Crippen molar-refractivity contribution in [3.05, 3.63) is 29.6 Å². The summed E-state index contributed by atoms with van der Waals surface area (Å²) in [6, 6.07) is 4.41. The van der Waals surface area contributed by atoms with Crippen LogP contribution in [0.5, 0.6) is 0 Å². The van der Waals surface area contributed by atoms with Gasteiger partial charge in [0.25, 0.3) is 0 Å². The molecule has 5 nitrogen and oxygen atoms in total. The van der Waals surface area contributed by atoms with Gasteiger partial charge in [-0.25, -0.2) is 17.5 Å². The molecule has 7 heteroatoms. The summed E-state index contributed by atoms with van der Waals surface area (Å²) in [5, 5.41) is 8.67. The van der Waals surface area contributed by atoms with Crippen LogP contribution in [-0.2, 0) is 10.0 Å². The molecule has 0 aliphatic carbocycles. The van der Waals surface area contributed by atoms with Crippen molar-refractivity contribution in [2.75, 3.05) is 6.54 Å². The minimum Gasteiger partial charge on any atom is -0.327 e. The highest BCUT2D eigenvalue weighted by Gasteiger charge is 2.17. The molecule has 1 atom stereocenters. The average Bonchev–Trinajstić information content (AvgIpc) is 2.37. The van der Waals surface area contributed by atoms with E-state index in [1.807, 2.05) is 6.92 Å². The third-order valence-corrected chi connectivity index (χ3v) is 3.98. The van der Waals surface area contributed by atoms with Crippen molar-refractivity contribution in [1.82, 2.24) is 4.72 Å². The topological polar surface area (TPSA) is 96.0 Å². The van der Waals surface area contributed by atoms with Crippen molar-refractivity contribution >= 4 is 10.0 Å². The lowest BCUT2D eigenvalue weighted by molar-refractivity contribution is 0.552. The monoisotopic (exact) mass is 285 g/mol. The van der Waals surface area contributed by atoms with Gasteiger partial charge in [0.1, 0.15) is 11.9 Å². The Morgan fingerprint density at radius 3 is 2.79 bits per heavy atom. The first-order valence-electron chi connectivity index (χ1n) is 5.85. The maximum atomic E-state index is 13.1. The number of hydrogen-bond donors (Lipinski definition) is 2. The van der Waals surface area contributed by atoms with Crippen LogP contribution >= 0.6 is 0 Å². The fourth-order valence-electron chi connectivity index (χ4n) is 1.53. The van der Waals surface area contributed by atoms with E-state index in [1.165, 1.54) is 0 Å². The molecule has 0 amide bonds. The molecule has 0 unspecified atom stereocenters. The van der Waals surface area contributed by atoms with Crippen LogP contribution < -0.4 is 10.5 Å². The molecule has 0 heterocycles. The molecule has 0 saturated heterocycles. The van der Waals surface area contributed by atoms with Gasteiger partial charge in [0.15, 0.2) is 0 Å². The van der Waals surface area contributed by atoms with Crippen LogP contribution in [0, 0.1) is 17.1 Å². The van der Waals surface area contributed by atoms with E-state index in [0.29, 0.717) is 6.42 Å². The zero-order valence-corrected chi connectivity index (χ0v) is 11.4. The quantitative estimate of drug-likeness (QED) is 0.818. The number of nitrogens with two attached hydrogens (primary N) is 1. The minimum atomic E-state index is -3.77. The number of rotatable bonds is 6. The van der Waals surface area contributed by atoms with Gasteiger partial charge in [-0.15, -0.1) is 0 Å². The highest BCUT2D eigenvalue weighted by molar-refractivity contribution is 7.89. The van der Waals surface area contributed by atoms with Crippen LogP contribution in [0.1, 0.15) is 25.3 Å². The Bertz CT molecular complexity index is 581. The average molecular weight is 285 g/mol. The maximum absolute atomic E-state index is 13.1. The fourth-order valence-corrected chi connectivity index (χ4v) is 2.65. The third kappa shape index (κ3) is 4.28. The smallest absolute Gasteiger partial charge is 0.240 e. The predicted molar refractivity (Wildman–Crippen MR) is 69.2 cm³/mol. The van der Waals surface area contributed by atoms with Crippen molar-refractivity contribution in [3.8, 4) is 6.07 Å². The molecule has 0 aromatic heterocycles. The zero-order valence-electron chi connectivity index (χ0n) is 10.6. The van der Waals surface area contributed by atoms with Crippen LogP contribution in [0.3, 0.4) is 0 Å². The second kappa shape index (κ2) is 6.61. The lowest BCUT2D eigenvalue weighted by Crippen LogP contribution is -2.37. The summed E-state index contributed by atoms with van der Waals surface area (Å²) >= 11 is 0. The van der Waals surface area contributed by atoms with Gasteiger partial charge in [-0.2, -0.15) is 5.26 Å². The van der Waals surface area contributed by atoms with Crippen molar-refractivity contribution in [2.45, 2.75) is 30.7 Å². The van der Waals surface area contributed by atoms with Crippen LogP contribution in [0.25, 0.3) is 0 Å². The molecular weight excluding hydrogens is 269 g/mol. The molecule has 19 heavy (non-hydrogen) atoms. The first-order valence-corrected chi connectivity index (χ1v) is 7.34. The van der Waals surface area contributed by atoms with Crippen LogP contribution in [0.4, 0.5) is 4.39 Å². The van der Waals surface area contributed by atoms with Gasteiger partial charge < -0.3 is 5.73 Å². The normalized spacial score (nSPS) is 12.9. The minimum absolute atomic E-state index is 0.107. The van der Waals surface area contributed by atoms with E-state index in [9.17, 15) is 12.8 Å². The predicted octanol–water partition coefficient (Wildman–Crippen LogP) is 1.10. The SMILES string of the molecule is CCC[C@H](N)CNS(=O)(=O)c1ccc(F)c(C#N)c1. The molecule has 104 valence electrons. The molecule has 0 bridgehead atoms. The van der Waals surface area contributed by atoms with E-state index in [4.69, 9.17) is 11.0 Å². The van der Waals surface area contributed by atoms with E-state index < -0.39 is 15.8 Å². The largest absolute Gasteiger partial charge is 0.327 e. The number of halogens is 1. The molecule has 0 saturated carbocycles. The second-order valence-electron chi connectivity index (χ2n) is 4.15. The first kappa shape index (κ1) is 15.6. The Balaban J connectivity index is 2.86. The van der Waals surface area contributed by atoms with Gasteiger partial charge >= 0.3 is 0 Å². The molecule has 0 spiro atoms. The molecule has 0 aliphatic heterocycles. The van der Waals surface area contributed by atoms with Crippen molar-refractivity contribution in [3.63, 3.8) is 0 Å². The maximum Gasteiger partial charge on any atom is 0.240 e. The standard InChI is InChI=1S/C12H16FN3O2S/c1-2-3-10(15)8-16-19(17,18)11-4-5-12(13)9(6-11)7-14/h4-6,10,16H,2-3,8,15H2,1H3/t10-/m0/s1. The number of nitriles is 1. The summed E-state index contributed by atoms with van der Waals surface area (Å²) in [7, 11) is -3.77. The lowest BCUT2D eigenvalue weighted by Gasteiger charge is -2.12.